The number of amides is 1. The van der Waals surface area contributed by atoms with Gasteiger partial charge in [0.05, 0.1) is 5.69 Å². The topological polar surface area (TPSA) is 61.0 Å². The quantitative estimate of drug-likeness (QED) is 0.802. The van der Waals surface area contributed by atoms with Crippen molar-refractivity contribution in [2.75, 3.05) is 19.6 Å². The Kier molecular flexibility index (Phi) is 5.64. The lowest BCUT2D eigenvalue weighted by Crippen LogP contribution is -2.39. The van der Waals surface area contributed by atoms with Crippen LogP contribution >= 0.6 is 0 Å². The highest BCUT2D eigenvalue weighted by Gasteiger charge is 2.17. The van der Waals surface area contributed by atoms with Gasteiger partial charge in [0.25, 0.3) is 5.91 Å². The average Bonchev–Trinajstić information content (AvgIpc) is 3.11. The third-order valence-electron chi connectivity index (χ3n) is 4.74. The van der Waals surface area contributed by atoms with E-state index in [1.165, 1.54) is 25.8 Å². The van der Waals surface area contributed by atoms with Crippen molar-refractivity contribution in [1.82, 2.24) is 20.4 Å². The molecule has 0 spiro atoms. The Morgan fingerprint density at radius 1 is 1.33 bits per heavy atom. The highest BCUT2D eigenvalue weighted by atomic mass is 16.1. The second kappa shape index (κ2) is 8.11. The fraction of sp³-hybridized carbons (Fsp3) is 0.474. The third-order valence-corrected chi connectivity index (χ3v) is 4.74. The van der Waals surface area contributed by atoms with Crippen molar-refractivity contribution in [1.29, 1.82) is 0 Å². The zero-order valence-electron chi connectivity index (χ0n) is 14.3. The molecule has 2 aromatic rings. The predicted octanol–water partition coefficient (Wildman–Crippen LogP) is 3.07. The monoisotopic (exact) mass is 326 g/mol. The van der Waals surface area contributed by atoms with Gasteiger partial charge in [-0.15, -0.1) is 0 Å². The molecule has 5 heteroatoms. The number of likely N-dealkylation sites (tertiary alicyclic amines) is 1. The number of rotatable bonds is 6. The molecule has 0 saturated carbocycles. The van der Waals surface area contributed by atoms with E-state index in [0.29, 0.717) is 18.3 Å². The van der Waals surface area contributed by atoms with Crippen LogP contribution in [-0.4, -0.2) is 46.7 Å². The first-order valence-corrected chi connectivity index (χ1v) is 8.87. The Hall–Kier alpha value is -2.14. The molecule has 1 atom stereocenters. The van der Waals surface area contributed by atoms with Gasteiger partial charge in [-0.05, 0) is 38.8 Å². The van der Waals surface area contributed by atoms with E-state index < -0.39 is 0 Å². The minimum Gasteiger partial charge on any atom is -0.351 e. The lowest BCUT2D eigenvalue weighted by Gasteiger charge is -2.33. The summed E-state index contributed by atoms with van der Waals surface area (Å²) in [5.74, 6) is -0.0867. The molecular weight excluding hydrogens is 300 g/mol. The van der Waals surface area contributed by atoms with Crippen molar-refractivity contribution < 1.29 is 4.79 Å². The Bertz CT molecular complexity index is 652. The van der Waals surface area contributed by atoms with Gasteiger partial charge in [-0.25, -0.2) is 0 Å². The number of carbonyl (C=O) groups excluding carboxylic acids is 1. The largest absolute Gasteiger partial charge is 0.351 e. The van der Waals surface area contributed by atoms with Crippen LogP contribution < -0.4 is 5.32 Å². The van der Waals surface area contributed by atoms with Crippen LogP contribution in [0.5, 0.6) is 0 Å². The number of benzene rings is 1. The maximum Gasteiger partial charge on any atom is 0.269 e. The number of aromatic amines is 1. The molecule has 5 nitrogen and oxygen atoms in total. The van der Waals surface area contributed by atoms with Crippen LogP contribution in [0.25, 0.3) is 11.3 Å². The van der Waals surface area contributed by atoms with Crippen LogP contribution in [0.3, 0.4) is 0 Å². The van der Waals surface area contributed by atoms with Gasteiger partial charge in [0, 0.05) is 24.7 Å². The highest BCUT2D eigenvalue weighted by Crippen LogP contribution is 2.17. The molecule has 0 bridgehead atoms. The first-order chi connectivity index (χ1) is 11.7. The molecular formula is C19H26N4O. The van der Waals surface area contributed by atoms with Crippen molar-refractivity contribution in [3.63, 3.8) is 0 Å². The van der Waals surface area contributed by atoms with Gasteiger partial charge >= 0.3 is 0 Å². The van der Waals surface area contributed by atoms with Gasteiger partial charge in [0.2, 0.25) is 0 Å². The van der Waals surface area contributed by atoms with Crippen molar-refractivity contribution >= 4 is 5.91 Å². The number of nitrogens with one attached hydrogen (secondary N) is 2. The molecule has 1 saturated heterocycles. The summed E-state index contributed by atoms with van der Waals surface area (Å²) in [6, 6.07) is 12.3. The number of nitrogens with zero attached hydrogens (tertiary/aromatic N) is 2. The molecule has 2 heterocycles. The molecule has 0 radical (unpaired) electrons. The molecule has 24 heavy (non-hydrogen) atoms. The van der Waals surface area contributed by atoms with E-state index in [4.69, 9.17) is 0 Å². The molecule has 128 valence electrons. The van der Waals surface area contributed by atoms with Gasteiger partial charge in [-0.2, -0.15) is 5.10 Å². The third kappa shape index (κ3) is 4.23. The normalized spacial score (nSPS) is 18.5. The number of H-pyrrole nitrogens is 1. The van der Waals surface area contributed by atoms with Crippen molar-refractivity contribution in [2.24, 2.45) is 0 Å². The van der Waals surface area contributed by atoms with Gasteiger partial charge < -0.3 is 10.2 Å². The van der Waals surface area contributed by atoms with Gasteiger partial charge in [-0.3, -0.25) is 9.89 Å². The van der Waals surface area contributed by atoms with Crippen LogP contribution in [0.4, 0.5) is 0 Å². The van der Waals surface area contributed by atoms with Crippen molar-refractivity contribution in [2.45, 2.75) is 38.6 Å². The molecule has 1 aliphatic heterocycles. The molecule has 1 aliphatic rings. The minimum absolute atomic E-state index is 0.0867. The summed E-state index contributed by atoms with van der Waals surface area (Å²) in [6.45, 7) is 5.24. The van der Waals surface area contributed by atoms with Gasteiger partial charge in [0.15, 0.2) is 0 Å². The summed E-state index contributed by atoms with van der Waals surface area (Å²) in [4.78, 5) is 14.7. The fourth-order valence-corrected chi connectivity index (χ4v) is 3.26. The first kappa shape index (κ1) is 16.7. The zero-order valence-corrected chi connectivity index (χ0v) is 14.3. The summed E-state index contributed by atoms with van der Waals surface area (Å²) in [5.41, 5.74) is 2.31. The van der Waals surface area contributed by atoms with Crippen LogP contribution in [0, 0.1) is 0 Å². The van der Waals surface area contributed by atoms with Gasteiger partial charge in [0.1, 0.15) is 5.69 Å². The molecule has 0 aliphatic carbocycles. The van der Waals surface area contributed by atoms with Crippen LogP contribution in [-0.2, 0) is 0 Å². The van der Waals surface area contributed by atoms with E-state index in [9.17, 15) is 4.79 Å². The van der Waals surface area contributed by atoms with E-state index in [2.05, 4.69) is 27.3 Å². The number of aromatic nitrogens is 2. The lowest BCUT2D eigenvalue weighted by molar-refractivity contribution is 0.0944. The fourth-order valence-electron chi connectivity index (χ4n) is 3.26. The number of piperidine rings is 1. The molecule has 1 amide bonds. The molecule has 2 N–H and O–H groups in total. The van der Waals surface area contributed by atoms with E-state index in [1.54, 1.807) is 6.07 Å². The molecule has 0 unspecified atom stereocenters. The number of hydrogen-bond acceptors (Lipinski definition) is 3. The minimum atomic E-state index is -0.0867. The Balaban J connectivity index is 1.45. The van der Waals surface area contributed by atoms with Crippen LogP contribution in [0.15, 0.2) is 36.4 Å². The standard InChI is InChI=1S/C19H26N4O/c1-15-8-5-6-12-23(15)13-7-11-20-19(24)18-14-17(21-22-18)16-9-3-2-4-10-16/h2-4,9-10,14-15H,5-8,11-13H2,1H3,(H,20,24)(H,21,22)/t15-/m0/s1. The SMILES string of the molecule is C[C@H]1CCCCN1CCCNC(=O)c1cc(-c2ccccc2)n[nH]1. The summed E-state index contributed by atoms with van der Waals surface area (Å²) in [5, 5.41) is 10.0. The zero-order chi connectivity index (χ0) is 16.8. The summed E-state index contributed by atoms with van der Waals surface area (Å²) in [6.07, 6.45) is 4.92. The first-order valence-electron chi connectivity index (χ1n) is 8.87. The molecule has 1 aromatic carbocycles. The van der Waals surface area contributed by atoms with Crippen molar-refractivity contribution in [3.05, 3.63) is 42.1 Å². The van der Waals surface area contributed by atoms with Gasteiger partial charge in [-0.1, -0.05) is 36.8 Å². The molecule has 1 aromatic heterocycles. The van der Waals surface area contributed by atoms with E-state index in [1.807, 2.05) is 30.3 Å². The van der Waals surface area contributed by atoms with Crippen LogP contribution in [0.2, 0.25) is 0 Å². The summed E-state index contributed by atoms with van der Waals surface area (Å²) in [7, 11) is 0. The smallest absolute Gasteiger partial charge is 0.269 e. The van der Waals surface area contributed by atoms with Crippen LogP contribution in [0.1, 0.15) is 43.1 Å². The summed E-state index contributed by atoms with van der Waals surface area (Å²) >= 11 is 0. The molecule has 3 rings (SSSR count). The Morgan fingerprint density at radius 2 is 2.17 bits per heavy atom. The van der Waals surface area contributed by atoms with E-state index >= 15 is 0 Å². The number of carbonyl (C=O) groups is 1. The second-order valence-electron chi connectivity index (χ2n) is 6.52. The van der Waals surface area contributed by atoms with E-state index in [-0.39, 0.29) is 5.91 Å². The maximum atomic E-state index is 12.2. The Morgan fingerprint density at radius 3 is 2.96 bits per heavy atom. The van der Waals surface area contributed by atoms with E-state index in [0.717, 1.165) is 24.2 Å². The Labute approximate surface area is 143 Å². The maximum absolute atomic E-state index is 12.2. The summed E-state index contributed by atoms with van der Waals surface area (Å²) < 4.78 is 0. The highest BCUT2D eigenvalue weighted by molar-refractivity contribution is 5.93. The number of hydrogen-bond donors (Lipinski definition) is 2. The second-order valence-corrected chi connectivity index (χ2v) is 6.52. The van der Waals surface area contributed by atoms with Crippen molar-refractivity contribution in [3.8, 4) is 11.3 Å². The predicted molar refractivity (Wildman–Crippen MR) is 95.9 cm³/mol. The molecule has 1 fully saturated rings. The lowest BCUT2D eigenvalue weighted by atomic mass is 10.0. The average molecular weight is 326 g/mol.